The third kappa shape index (κ3) is 2.85. The number of hydrogen-bond acceptors (Lipinski definition) is 5. The van der Waals surface area contributed by atoms with Crippen molar-refractivity contribution in [2.45, 2.75) is 75.8 Å². The first kappa shape index (κ1) is 14.3. The van der Waals surface area contributed by atoms with Crippen LogP contribution in [0.15, 0.2) is 0 Å². The van der Waals surface area contributed by atoms with Crippen molar-refractivity contribution in [2.75, 3.05) is 7.11 Å². The number of carbonyl (C=O) groups is 1. The molecule has 0 bridgehead atoms. The topological polar surface area (TPSA) is 54.0 Å². The largest absolute Gasteiger partial charge is 0.469 e. The number of methoxy groups -OCH3 is 1. The van der Waals surface area contributed by atoms with Crippen LogP contribution in [0.2, 0.25) is 0 Å². The Balaban J connectivity index is 1.54. The van der Waals surface area contributed by atoms with E-state index in [9.17, 15) is 4.79 Å². The lowest BCUT2D eigenvalue weighted by Crippen LogP contribution is -2.40. The van der Waals surface area contributed by atoms with Gasteiger partial charge in [-0.25, -0.2) is 0 Å². The third-order valence-electron chi connectivity index (χ3n) is 4.88. The molecular weight excluding hydrogens is 260 g/mol. The van der Waals surface area contributed by atoms with E-state index in [2.05, 4.69) is 0 Å². The molecule has 1 aliphatic heterocycles. The number of esters is 1. The Morgan fingerprint density at radius 1 is 1.05 bits per heavy atom. The van der Waals surface area contributed by atoms with E-state index < -0.39 is 11.6 Å². The maximum Gasteiger partial charge on any atom is 0.305 e. The summed E-state index contributed by atoms with van der Waals surface area (Å²) in [5, 5.41) is 0. The monoisotopic (exact) mass is 284 g/mol. The van der Waals surface area contributed by atoms with Gasteiger partial charge in [-0.05, 0) is 31.6 Å². The minimum Gasteiger partial charge on any atom is -0.469 e. The maximum absolute atomic E-state index is 11.3. The highest BCUT2D eigenvalue weighted by atomic mass is 17.3. The second kappa shape index (κ2) is 5.62. The van der Waals surface area contributed by atoms with Crippen LogP contribution >= 0.6 is 0 Å². The molecule has 0 radical (unpaired) electrons. The Kier molecular flexibility index (Phi) is 4.02. The molecule has 1 heterocycles. The van der Waals surface area contributed by atoms with Crippen LogP contribution in [0, 0.1) is 5.92 Å². The maximum atomic E-state index is 11.3. The molecule has 0 aromatic carbocycles. The highest BCUT2D eigenvalue weighted by molar-refractivity contribution is 5.69. The molecule has 0 N–H and O–H groups in total. The minimum atomic E-state index is -0.566. The van der Waals surface area contributed by atoms with Crippen LogP contribution in [0.5, 0.6) is 0 Å². The van der Waals surface area contributed by atoms with E-state index in [-0.39, 0.29) is 5.97 Å². The van der Waals surface area contributed by atoms with Gasteiger partial charge in [0.2, 0.25) is 11.6 Å². The van der Waals surface area contributed by atoms with Crippen molar-refractivity contribution in [1.29, 1.82) is 0 Å². The number of ether oxygens (including phenoxy) is 2. The van der Waals surface area contributed by atoms with E-state index in [1.807, 2.05) is 0 Å². The van der Waals surface area contributed by atoms with Gasteiger partial charge in [-0.3, -0.25) is 4.79 Å². The highest BCUT2D eigenvalue weighted by Crippen LogP contribution is 2.49. The summed E-state index contributed by atoms with van der Waals surface area (Å²) in [4.78, 5) is 22.5. The molecule has 20 heavy (non-hydrogen) atoms. The molecule has 3 aliphatic rings. The van der Waals surface area contributed by atoms with Crippen LogP contribution < -0.4 is 0 Å². The van der Waals surface area contributed by atoms with E-state index >= 15 is 0 Å². The zero-order chi connectivity index (χ0) is 14.1. The molecular formula is C15H24O5. The molecule has 1 saturated heterocycles. The molecule has 0 atom stereocenters. The fourth-order valence-corrected chi connectivity index (χ4v) is 3.63. The molecule has 5 nitrogen and oxygen atoms in total. The summed E-state index contributed by atoms with van der Waals surface area (Å²) in [6.07, 6.45) is 9.35. The lowest BCUT2D eigenvalue weighted by Gasteiger charge is -2.35. The van der Waals surface area contributed by atoms with Crippen LogP contribution in [0.25, 0.3) is 0 Å². The summed E-state index contributed by atoms with van der Waals surface area (Å²) in [6.45, 7) is 0. The smallest absolute Gasteiger partial charge is 0.305 e. The van der Waals surface area contributed by atoms with Crippen LogP contribution in [-0.2, 0) is 24.0 Å². The van der Waals surface area contributed by atoms with Crippen molar-refractivity contribution >= 4 is 5.97 Å². The van der Waals surface area contributed by atoms with E-state index in [1.165, 1.54) is 13.5 Å². The van der Waals surface area contributed by atoms with Crippen LogP contribution in [0.4, 0.5) is 0 Å². The second-order valence-electron chi connectivity index (χ2n) is 6.37. The number of carbonyl (C=O) groups excluding carboxylic acids is 1. The second-order valence-corrected chi connectivity index (χ2v) is 6.37. The van der Waals surface area contributed by atoms with Gasteiger partial charge in [0, 0.05) is 32.1 Å². The van der Waals surface area contributed by atoms with Gasteiger partial charge in [0.25, 0.3) is 0 Å². The molecule has 3 rings (SSSR count). The summed E-state index contributed by atoms with van der Waals surface area (Å²) in [5.41, 5.74) is 0. The van der Waals surface area contributed by atoms with Crippen molar-refractivity contribution < 1.29 is 24.0 Å². The summed E-state index contributed by atoms with van der Waals surface area (Å²) in [7, 11) is 1.44. The van der Waals surface area contributed by atoms with Crippen LogP contribution in [0.3, 0.4) is 0 Å². The first-order valence-electron chi connectivity index (χ1n) is 7.79. The Bertz CT molecular complexity index is 353. The lowest BCUT2D eigenvalue weighted by molar-refractivity contribution is -0.358. The Morgan fingerprint density at radius 3 is 2.25 bits per heavy atom. The summed E-state index contributed by atoms with van der Waals surface area (Å²) >= 11 is 0. The van der Waals surface area contributed by atoms with Crippen molar-refractivity contribution in [3.8, 4) is 0 Å². The molecule has 2 saturated carbocycles. The van der Waals surface area contributed by atoms with Crippen molar-refractivity contribution in [2.24, 2.45) is 5.92 Å². The van der Waals surface area contributed by atoms with Gasteiger partial charge in [0.15, 0.2) is 0 Å². The quantitative estimate of drug-likeness (QED) is 0.576. The minimum absolute atomic E-state index is 0.126. The van der Waals surface area contributed by atoms with E-state index in [1.54, 1.807) is 0 Å². The van der Waals surface area contributed by atoms with Crippen molar-refractivity contribution in [1.82, 2.24) is 0 Å². The zero-order valence-corrected chi connectivity index (χ0v) is 12.2. The molecule has 0 unspecified atom stereocenters. The standard InChI is InChI=1S/C15H24O5/c1-17-13(16)11-12-5-9-15(10-6-12)18-14(19-20-15)7-3-2-4-8-14/h12H,2-11H2,1H3. The third-order valence-corrected chi connectivity index (χ3v) is 4.88. The van der Waals surface area contributed by atoms with Gasteiger partial charge in [-0.2, -0.15) is 9.78 Å². The zero-order valence-electron chi connectivity index (χ0n) is 12.2. The number of hydrogen-bond donors (Lipinski definition) is 0. The average Bonchev–Trinajstić information content (AvgIpc) is 2.81. The van der Waals surface area contributed by atoms with Crippen LogP contribution in [-0.4, -0.2) is 24.7 Å². The molecule has 0 amide bonds. The van der Waals surface area contributed by atoms with Gasteiger partial charge < -0.3 is 9.47 Å². The number of rotatable bonds is 2. The Labute approximate surface area is 119 Å². The highest BCUT2D eigenvalue weighted by Gasteiger charge is 2.54. The SMILES string of the molecule is COC(=O)CC1CCC2(CC1)OOC1(CCCCC1)O2. The molecule has 2 spiro atoms. The Morgan fingerprint density at radius 2 is 1.65 bits per heavy atom. The summed E-state index contributed by atoms with van der Waals surface area (Å²) in [6, 6.07) is 0. The first-order chi connectivity index (χ1) is 9.65. The normalized spacial score (nSPS) is 36.4. The van der Waals surface area contributed by atoms with E-state index in [0.717, 1.165) is 51.4 Å². The van der Waals surface area contributed by atoms with Gasteiger partial charge in [-0.15, -0.1) is 0 Å². The van der Waals surface area contributed by atoms with E-state index in [4.69, 9.17) is 19.2 Å². The predicted octanol–water partition coefficient (Wildman–Crippen LogP) is 3.07. The molecule has 5 heteroatoms. The van der Waals surface area contributed by atoms with Crippen molar-refractivity contribution in [3.63, 3.8) is 0 Å². The van der Waals surface area contributed by atoms with Gasteiger partial charge in [-0.1, -0.05) is 6.42 Å². The molecule has 0 aromatic heterocycles. The summed E-state index contributed by atoms with van der Waals surface area (Å²) < 4.78 is 11.0. The Hall–Kier alpha value is -0.650. The first-order valence-corrected chi connectivity index (χ1v) is 7.79. The predicted molar refractivity (Wildman–Crippen MR) is 70.4 cm³/mol. The average molecular weight is 284 g/mol. The summed E-state index contributed by atoms with van der Waals surface area (Å²) in [5.74, 6) is -0.806. The fraction of sp³-hybridized carbons (Fsp3) is 0.933. The lowest BCUT2D eigenvalue weighted by atomic mass is 9.83. The fourth-order valence-electron chi connectivity index (χ4n) is 3.63. The van der Waals surface area contributed by atoms with Gasteiger partial charge in [0.1, 0.15) is 0 Å². The molecule has 3 fully saturated rings. The molecule has 2 aliphatic carbocycles. The molecule has 0 aromatic rings. The van der Waals surface area contributed by atoms with E-state index in [0.29, 0.717) is 12.3 Å². The van der Waals surface area contributed by atoms with Crippen molar-refractivity contribution in [3.05, 3.63) is 0 Å². The molecule has 114 valence electrons. The van der Waals surface area contributed by atoms with Gasteiger partial charge >= 0.3 is 5.97 Å². The van der Waals surface area contributed by atoms with Gasteiger partial charge in [0.05, 0.1) is 7.11 Å². The van der Waals surface area contributed by atoms with Crippen LogP contribution in [0.1, 0.15) is 64.2 Å².